The molecule has 0 amide bonds. The van der Waals surface area contributed by atoms with Crippen LogP contribution in [0.25, 0.3) is 0 Å². The van der Waals surface area contributed by atoms with E-state index in [1.54, 1.807) is 0 Å². The van der Waals surface area contributed by atoms with Crippen LogP contribution in [0.2, 0.25) is 0 Å². The van der Waals surface area contributed by atoms with Gasteiger partial charge in [-0.3, -0.25) is 4.57 Å². The van der Waals surface area contributed by atoms with E-state index in [4.69, 9.17) is 22.1 Å². The molecule has 8 heteroatoms. The van der Waals surface area contributed by atoms with Gasteiger partial charge in [-0.2, -0.15) is 4.98 Å². The number of nitrogens with zero attached hydrogens (tertiary/aromatic N) is 2. The van der Waals surface area contributed by atoms with Crippen molar-refractivity contribution in [3.63, 3.8) is 0 Å². The normalized spacial score (nSPS) is 10.2. The Morgan fingerprint density at radius 1 is 1.47 bits per heavy atom. The van der Waals surface area contributed by atoms with Crippen LogP contribution < -0.4 is 11.4 Å². The van der Waals surface area contributed by atoms with Gasteiger partial charge in [0, 0.05) is 17.8 Å². The van der Waals surface area contributed by atoms with Crippen LogP contribution in [0.3, 0.4) is 0 Å². The summed E-state index contributed by atoms with van der Waals surface area (Å²) in [6.07, 6.45) is 1.53. The molecule has 1 heterocycles. The summed E-state index contributed by atoms with van der Waals surface area (Å²) in [7, 11) is 0. The fraction of sp³-hybridized carbons (Fsp3) is 0.444. The highest BCUT2D eigenvalue weighted by molar-refractivity contribution is 6.61. The highest BCUT2D eigenvalue weighted by Crippen LogP contribution is 1.90. The predicted molar refractivity (Wildman–Crippen MR) is 60.9 cm³/mol. The molecule has 0 saturated heterocycles. The van der Waals surface area contributed by atoms with Crippen molar-refractivity contribution in [2.45, 2.75) is 6.54 Å². The van der Waals surface area contributed by atoms with Crippen molar-refractivity contribution in [2.24, 2.45) is 0 Å². The Morgan fingerprint density at radius 3 is 2.88 bits per heavy atom. The molecule has 0 aliphatic carbocycles. The van der Waals surface area contributed by atoms with Gasteiger partial charge in [-0.25, -0.2) is 9.59 Å². The van der Waals surface area contributed by atoms with Crippen molar-refractivity contribution in [3.8, 4) is 0 Å². The Bertz CT molecular complexity index is 434. The second kappa shape index (κ2) is 6.87. The SMILES string of the molecule is Nc1ccn(CCOCCOC(=O)Cl)c(=O)n1. The number of hydrogen-bond donors (Lipinski definition) is 1. The monoisotopic (exact) mass is 261 g/mol. The number of carbonyl (C=O) groups excluding carboxylic acids is 1. The van der Waals surface area contributed by atoms with Gasteiger partial charge in [0.05, 0.1) is 19.8 Å². The molecule has 1 rings (SSSR count). The molecule has 1 aromatic rings. The van der Waals surface area contributed by atoms with Crippen LogP contribution in [0.4, 0.5) is 10.6 Å². The molecule has 17 heavy (non-hydrogen) atoms. The third kappa shape index (κ3) is 5.32. The molecule has 94 valence electrons. The lowest BCUT2D eigenvalue weighted by atomic mass is 10.5. The van der Waals surface area contributed by atoms with E-state index in [0.717, 1.165) is 0 Å². The first-order chi connectivity index (χ1) is 8.09. The lowest BCUT2D eigenvalue weighted by molar-refractivity contribution is 0.0774. The summed E-state index contributed by atoms with van der Waals surface area (Å²) in [5, 5.41) is 0. The van der Waals surface area contributed by atoms with Crippen molar-refractivity contribution in [3.05, 3.63) is 22.7 Å². The van der Waals surface area contributed by atoms with E-state index in [9.17, 15) is 9.59 Å². The zero-order valence-electron chi connectivity index (χ0n) is 8.97. The number of carbonyl (C=O) groups is 1. The van der Waals surface area contributed by atoms with Crippen LogP contribution in [0.1, 0.15) is 0 Å². The molecule has 0 radical (unpaired) electrons. The molecule has 0 atom stereocenters. The molecular formula is C9H12ClN3O4. The number of nitrogen functional groups attached to an aromatic ring is 1. The summed E-state index contributed by atoms with van der Waals surface area (Å²) >= 11 is 4.94. The summed E-state index contributed by atoms with van der Waals surface area (Å²) in [5.41, 5.74) is 4.04. The molecule has 0 bridgehead atoms. The molecule has 0 saturated carbocycles. The van der Waals surface area contributed by atoms with Gasteiger partial charge in [-0.15, -0.1) is 0 Å². The van der Waals surface area contributed by atoms with Gasteiger partial charge in [0.2, 0.25) is 0 Å². The number of hydrogen-bond acceptors (Lipinski definition) is 6. The van der Waals surface area contributed by atoms with Gasteiger partial charge in [0.25, 0.3) is 0 Å². The molecule has 7 nitrogen and oxygen atoms in total. The maximum Gasteiger partial charge on any atom is 0.403 e. The zero-order chi connectivity index (χ0) is 12.7. The van der Waals surface area contributed by atoms with Crippen LogP contribution in [-0.4, -0.2) is 34.8 Å². The van der Waals surface area contributed by atoms with Crippen molar-refractivity contribution < 1.29 is 14.3 Å². The second-order valence-electron chi connectivity index (χ2n) is 3.03. The molecule has 0 aromatic carbocycles. The number of anilines is 1. The van der Waals surface area contributed by atoms with E-state index in [1.807, 2.05) is 0 Å². The molecule has 0 aliphatic rings. The molecule has 0 fully saturated rings. The van der Waals surface area contributed by atoms with E-state index in [0.29, 0.717) is 13.2 Å². The molecule has 0 unspecified atom stereocenters. The summed E-state index contributed by atoms with van der Waals surface area (Å²) < 4.78 is 10.9. The van der Waals surface area contributed by atoms with Crippen LogP contribution in [0, 0.1) is 0 Å². The Balaban J connectivity index is 2.22. The number of ether oxygens (including phenoxy) is 2. The minimum absolute atomic E-state index is 0.0806. The van der Waals surface area contributed by atoms with Gasteiger partial charge in [-0.05, 0) is 6.07 Å². The largest absolute Gasteiger partial charge is 0.451 e. The topological polar surface area (TPSA) is 96.4 Å². The number of rotatable bonds is 6. The standard InChI is InChI=1S/C9H12ClN3O4/c10-8(14)17-6-5-16-4-3-13-2-1-7(11)12-9(13)15/h1-2H,3-6H2,(H2,11,12,15). The number of aromatic nitrogens is 2. The highest BCUT2D eigenvalue weighted by atomic mass is 35.5. The highest BCUT2D eigenvalue weighted by Gasteiger charge is 1.98. The van der Waals surface area contributed by atoms with Gasteiger partial charge in [0.1, 0.15) is 12.4 Å². The first-order valence-corrected chi connectivity index (χ1v) is 5.20. The van der Waals surface area contributed by atoms with Gasteiger partial charge >= 0.3 is 11.1 Å². The maximum atomic E-state index is 11.3. The van der Waals surface area contributed by atoms with Crippen LogP contribution in [0.5, 0.6) is 0 Å². The van der Waals surface area contributed by atoms with Crippen molar-refractivity contribution in [2.75, 3.05) is 25.6 Å². The zero-order valence-corrected chi connectivity index (χ0v) is 9.72. The fourth-order valence-corrected chi connectivity index (χ4v) is 1.14. The minimum atomic E-state index is -0.868. The lowest BCUT2D eigenvalue weighted by Gasteiger charge is -2.06. The second-order valence-corrected chi connectivity index (χ2v) is 3.34. The van der Waals surface area contributed by atoms with Gasteiger partial charge in [-0.1, -0.05) is 0 Å². The van der Waals surface area contributed by atoms with Gasteiger partial charge in [0.15, 0.2) is 0 Å². The van der Waals surface area contributed by atoms with Gasteiger partial charge < -0.3 is 15.2 Å². The van der Waals surface area contributed by atoms with E-state index in [1.165, 1.54) is 16.8 Å². The quantitative estimate of drug-likeness (QED) is 0.581. The summed E-state index contributed by atoms with van der Waals surface area (Å²) in [6.45, 7) is 0.944. The molecular weight excluding hydrogens is 250 g/mol. The Morgan fingerprint density at radius 2 is 2.24 bits per heavy atom. The van der Waals surface area contributed by atoms with E-state index >= 15 is 0 Å². The number of nitrogens with two attached hydrogens (primary N) is 1. The van der Waals surface area contributed by atoms with Crippen molar-refractivity contribution in [1.29, 1.82) is 0 Å². The summed E-state index contributed by atoms with van der Waals surface area (Å²) in [5.74, 6) is 0.182. The van der Waals surface area contributed by atoms with Crippen LogP contribution >= 0.6 is 11.6 Å². The number of halogens is 1. The summed E-state index contributed by atoms with van der Waals surface area (Å²) in [4.78, 5) is 25.0. The average molecular weight is 262 g/mol. The first kappa shape index (κ1) is 13.5. The Hall–Kier alpha value is -1.60. The van der Waals surface area contributed by atoms with E-state index in [-0.39, 0.29) is 19.0 Å². The van der Waals surface area contributed by atoms with Crippen molar-refractivity contribution in [1.82, 2.24) is 9.55 Å². The van der Waals surface area contributed by atoms with Crippen LogP contribution in [0.15, 0.2) is 17.1 Å². The Kier molecular flexibility index (Phi) is 5.44. The molecule has 0 aliphatic heterocycles. The van der Waals surface area contributed by atoms with E-state index < -0.39 is 11.1 Å². The maximum absolute atomic E-state index is 11.3. The lowest BCUT2D eigenvalue weighted by Crippen LogP contribution is -2.25. The minimum Gasteiger partial charge on any atom is -0.451 e. The smallest absolute Gasteiger partial charge is 0.403 e. The molecule has 1 aromatic heterocycles. The third-order valence-electron chi connectivity index (χ3n) is 1.82. The summed E-state index contributed by atoms with van der Waals surface area (Å²) in [6, 6.07) is 1.52. The van der Waals surface area contributed by atoms with Crippen LogP contribution in [-0.2, 0) is 16.0 Å². The fourth-order valence-electron chi connectivity index (χ4n) is 1.06. The van der Waals surface area contributed by atoms with Crippen molar-refractivity contribution >= 4 is 22.8 Å². The predicted octanol–water partition coefficient (Wildman–Crippen LogP) is 0.218. The Labute approximate surface area is 102 Å². The molecule has 0 spiro atoms. The first-order valence-electron chi connectivity index (χ1n) is 4.82. The average Bonchev–Trinajstić information content (AvgIpc) is 2.25. The third-order valence-corrected chi connectivity index (χ3v) is 1.92. The van der Waals surface area contributed by atoms with E-state index in [2.05, 4.69) is 9.72 Å². The molecule has 2 N–H and O–H groups in total.